The van der Waals surface area contributed by atoms with E-state index in [0.29, 0.717) is 5.69 Å². The van der Waals surface area contributed by atoms with Gasteiger partial charge < -0.3 is 4.55 Å². The van der Waals surface area contributed by atoms with Gasteiger partial charge in [-0.3, -0.25) is 5.43 Å². The lowest BCUT2D eigenvalue weighted by Gasteiger charge is -2.08. The van der Waals surface area contributed by atoms with E-state index < -0.39 is 10.1 Å². The zero-order valence-electron chi connectivity index (χ0n) is 11.1. The van der Waals surface area contributed by atoms with Gasteiger partial charge >= 0.3 is 0 Å². The molecule has 0 bridgehead atoms. The van der Waals surface area contributed by atoms with E-state index in [4.69, 9.17) is 0 Å². The van der Waals surface area contributed by atoms with Crippen LogP contribution in [0.2, 0.25) is 0 Å². The van der Waals surface area contributed by atoms with E-state index >= 15 is 0 Å². The van der Waals surface area contributed by atoms with Crippen molar-refractivity contribution in [3.63, 3.8) is 0 Å². The predicted molar refractivity (Wildman–Crippen MR) is 79.3 cm³/mol. The summed E-state index contributed by atoms with van der Waals surface area (Å²) in [6.45, 7) is 0. The zero-order chi connectivity index (χ0) is 14.9. The molecule has 1 N–H and O–H groups in total. The topological polar surface area (TPSA) is 81.6 Å². The van der Waals surface area contributed by atoms with Gasteiger partial charge in [0, 0.05) is 5.56 Å². The van der Waals surface area contributed by atoms with Gasteiger partial charge in [-0.1, -0.05) is 24.3 Å². The molecule has 0 radical (unpaired) electrons. The molecule has 0 saturated heterocycles. The van der Waals surface area contributed by atoms with Gasteiger partial charge in [0.1, 0.15) is 10.1 Å². The smallest absolute Gasteiger partial charge is 0.124 e. The number of aryl methyl sites for hydroxylation is 1. The van der Waals surface area contributed by atoms with Crippen molar-refractivity contribution in [2.75, 3.05) is 5.43 Å². The number of anilines is 1. The van der Waals surface area contributed by atoms with Gasteiger partial charge in [0.05, 0.1) is 16.3 Å². The maximum Gasteiger partial charge on any atom is 0.124 e. The molecule has 0 saturated carbocycles. The summed E-state index contributed by atoms with van der Waals surface area (Å²) >= 11 is 0. The van der Waals surface area contributed by atoms with E-state index in [9.17, 15) is 13.0 Å². The van der Waals surface area contributed by atoms with Gasteiger partial charge in [-0.15, -0.1) is 0 Å². The molecule has 6 heteroatoms. The summed E-state index contributed by atoms with van der Waals surface area (Å²) in [6, 6.07) is 13.7. The molecule has 0 atom stereocenters. The number of benzene rings is 2. The summed E-state index contributed by atoms with van der Waals surface area (Å²) < 4.78 is 32.5. The molecule has 2 aromatic carbocycles. The minimum absolute atomic E-state index is 0.244. The fourth-order valence-corrected chi connectivity index (χ4v) is 2.82. The Hall–Kier alpha value is -2.18. The first kappa shape index (κ1) is 13.8. The van der Waals surface area contributed by atoms with Crippen LogP contribution in [0.5, 0.6) is 0 Å². The summed E-state index contributed by atoms with van der Waals surface area (Å²) in [7, 11) is -4.40. The maximum atomic E-state index is 10.8. The molecule has 0 amide bonds. The van der Waals surface area contributed by atoms with Crippen molar-refractivity contribution in [1.29, 1.82) is 0 Å². The van der Waals surface area contributed by atoms with Gasteiger partial charge in [0.2, 0.25) is 0 Å². The predicted octanol–water partition coefficient (Wildman–Crippen LogP) is 2.35. The van der Waals surface area contributed by atoms with Gasteiger partial charge in [0.25, 0.3) is 0 Å². The highest BCUT2D eigenvalue weighted by Gasteiger charge is 2.16. The van der Waals surface area contributed by atoms with Crippen LogP contribution in [0.1, 0.15) is 17.5 Å². The summed E-state index contributed by atoms with van der Waals surface area (Å²) in [5.41, 5.74) is 6.94. The third-order valence-corrected chi connectivity index (χ3v) is 4.27. The lowest BCUT2D eigenvalue weighted by atomic mass is 10.1. The van der Waals surface area contributed by atoms with Crippen molar-refractivity contribution >= 4 is 21.5 Å². The van der Waals surface area contributed by atoms with Crippen molar-refractivity contribution in [3.05, 3.63) is 59.7 Å². The maximum absolute atomic E-state index is 10.8. The Bertz CT molecular complexity index is 796. The average Bonchev–Trinajstić information content (AvgIpc) is 2.88. The highest BCUT2D eigenvalue weighted by atomic mass is 32.2. The van der Waals surface area contributed by atoms with Crippen LogP contribution in [-0.2, 0) is 16.5 Å². The Balaban J connectivity index is 1.78. The molecule has 1 aliphatic carbocycles. The fraction of sp³-hybridized carbons (Fsp3) is 0.133. The van der Waals surface area contributed by atoms with E-state index in [1.54, 1.807) is 0 Å². The van der Waals surface area contributed by atoms with E-state index in [1.807, 2.05) is 18.2 Å². The number of rotatable bonds is 3. The molecule has 3 rings (SSSR count). The van der Waals surface area contributed by atoms with E-state index in [0.717, 1.165) is 24.1 Å². The molecular weight excluding hydrogens is 288 g/mol. The highest BCUT2D eigenvalue weighted by molar-refractivity contribution is 7.85. The van der Waals surface area contributed by atoms with Crippen LogP contribution in [0.15, 0.2) is 58.5 Å². The quantitative estimate of drug-likeness (QED) is 0.697. The van der Waals surface area contributed by atoms with Gasteiger partial charge in [-0.2, -0.15) is 5.10 Å². The Labute approximate surface area is 123 Å². The normalized spacial score (nSPS) is 16.0. The fourth-order valence-electron chi connectivity index (χ4n) is 2.35. The van der Waals surface area contributed by atoms with Crippen LogP contribution >= 0.6 is 0 Å². The summed E-state index contributed by atoms with van der Waals surface area (Å²) in [5.74, 6) is 0. The molecular formula is C15H13N2O3S-. The highest BCUT2D eigenvalue weighted by Crippen LogP contribution is 2.22. The first-order chi connectivity index (χ1) is 10.0. The molecule has 21 heavy (non-hydrogen) atoms. The Morgan fingerprint density at radius 3 is 2.43 bits per heavy atom. The Morgan fingerprint density at radius 2 is 1.71 bits per heavy atom. The summed E-state index contributed by atoms with van der Waals surface area (Å²) in [5, 5.41) is 4.37. The molecule has 1 aliphatic rings. The van der Waals surface area contributed by atoms with E-state index in [2.05, 4.69) is 16.6 Å². The van der Waals surface area contributed by atoms with Crippen LogP contribution in [0.4, 0.5) is 5.69 Å². The number of fused-ring (bicyclic) bond motifs is 1. The van der Waals surface area contributed by atoms with Crippen LogP contribution in [-0.4, -0.2) is 18.7 Å². The Morgan fingerprint density at radius 1 is 1.00 bits per heavy atom. The van der Waals surface area contributed by atoms with Gasteiger partial charge in [0.15, 0.2) is 0 Å². The second-order valence-corrected chi connectivity index (χ2v) is 6.19. The standard InChI is InChI=1S/C15H14N2O3S/c18-21(19,20)13-8-6-12(7-9-13)16-17-15-10-5-11-3-1-2-4-14(11)15/h1-4,6-9,16H,5,10H2,(H,18,19,20)/p-1. The zero-order valence-corrected chi connectivity index (χ0v) is 11.9. The largest absolute Gasteiger partial charge is 0.744 e. The van der Waals surface area contributed by atoms with Crippen molar-refractivity contribution in [2.45, 2.75) is 17.7 Å². The SMILES string of the molecule is O=S(=O)([O-])c1ccc(NN=C2CCc3ccccc32)cc1. The Kier molecular flexibility index (Phi) is 3.48. The van der Waals surface area contributed by atoms with Crippen molar-refractivity contribution in [1.82, 2.24) is 0 Å². The third kappa shape index (κ3) is 2.96. The van der Waals surface area contributed by atoms with Gasteiger partial charge in [-0.25, -0.2) is 8.42 Å². The second kappa shape index (κ2) is 5.31. The summed E-state index contributed by atoms with van der Waals surface area (Å²) in [6.07, 6.45) is 1.85. The molecule has 0 aromatic heterocycles. The van der Waals surface area contributed by atoms with E-state index in [-0.39, 0.29) is 4.90 Å². The van der Waals surface area contributed by atoms with Crippen LogP contribution in [0.25, 0.3) is 0 Å². The first-order valence-corrected chi connectivity index (χ1v) is 7.92. The molecule has 0 fully saturated rings. The molecule has 0 spiro atoms. The lowest BCUT2D eigenvalue weighted by Crippen LogP contribution is -2.01. The number of hydrazone groups is 1. The first-order valence-electron chi connectivity index (χ1n) is 6.51. The van der Waals surface area contributed by atoms with Crippen LogP contribution < -0.4 is 5.43 Å². The second-order valence-electron chi connectivity index (χ2n) is 4.81. The number of nitrogens with one attached hydrogen (secondary N) is 1. The minimum atomic E-state index is -4.40. The van der Waals surface area contributed by atoms with Crippen LogP contribution in [0.3, 0.4) is 0 Å². The number of hydrogen-bond acceptors (Lipinski definition) is 5. The van der Waals surface area contributed by atoms with Crippen molar-refractivity contribution < 1.29 is 13.0 Å². The minimum Gasteiger partial charge on any atom is -0.744 e. The molecule has 0 unspecified atom stereocenters. The monoisotopic (exact) mass is 301 g/mol. The lowest BCUT2D eigenvalue weighted by molar-refractivity contribution is 0.463. The third-order valence-electron chi connectivity index (χ3n) is 3.42. The molecule has 108 valence electrons. The molecule has 0 aliphatic heterocycles. The number of nitrogens with zero attached hydrogens (tertiary/aromatic N) is 1. The summed E-state index contributed by atoms with van der Waals surface area (Å²) in [4.78, 5) is -0.244. The average molecular weight is 301 g/mol. The molecule has 0 heterocycles. The molecule has 2 aromatic rings. The van der Waals surface area contributed by atoms with Crippen molar-refractivity contribution in [3.8, 4) is 0 Å². The molecule has 5 nitrogen and oxygen atoms in total. The number of hydrogen-bond donors (Lipinski definition) is 1. The van der Waals surface area contributed by atoms with Crippen LogP contribution in [0, 0.1) is 0 Å². The van der Waals surface area contributed by atoms with Crippen molar-refractivity contribution in [2.24, 2.45) is 5.10 Å². The van der Waals surface area contributed by atoms with E-state index in [1.165, 1.54) is 29.8 Å². The van der Waals surface area contributed by atoms with Gasteiger partial charge in [-0.05, 0) is 42.7 Å².